The Balaban J connectivity index is 1.75. The van der Waals surface area contributed by atoms with Crippen LogP contribution in [0.4, 0.5) is 5.82 Å². The van der Waals surface area contributed by atoms with Gasteiger partial charge in [-0.2, -0.15) is 5.10 Å². The van der Waals surface area contributed by atoms with Gasteiger partial charge in [-0.05, 0) is 23.1 Å². The monoisotopic (exact) mass is 387 g/mol. The fourth-order valence-electron chi connectivity index (χ4n) is 2.98. The Morgan fingerprint density at radius 3 is 2.91 bits per heavy atom. The molecule has 4 nitrogen and oxygen atoms in total. The van der Waals surface area contributed by atoms with E-state index in [0.29, 0.717) is 13.0 Å². The highest BCUT2D eigenvalue weighted by Crippen LogP contribution is 2.39. The van der Waals surface area contributed by atoms with Crippen molar-refractivity contribution in [1.82, 2.24) is 9.78 Å². The van der Waals surface area contributed by atoms with Crippen LogP contribution in [0.3, 0.4) is 0 Å². The van der Waals surface area contributed by atoms with Crippen molar-refractivity contribution in [3.05, 3.63) is 68.5 Å². The summed E-state index contributed by atoms with van der Waals surface area (Å²) in [6.07, 6.45) is 2.33. The highest BCUT2D eigenvalue weighted by Gasteiger charge is 2.30. The molecule has 0 bridgehead atoms. The minimum Gasteiger partial charge on any atom is -0.311 e. The molecule has 1 atom stereocenters. The molecule has 2 aromatic heterocycles. The highest BCUT2D eigenvalue weighted by molar-refractivity contribution is 9.10. The van der Waals surface area contributed by atoms with Gasteiger partial charge in [0.15, 0.2) is 0 Å². The van der Waals surface area contributed by atoms with E-state index in [4.69, 9.17) is 0 Å². The Kier molecular flexibility index (Phi) is 3.79. The van der Waals surface area contributed by atoms with Gasteiger partial charge in [-0.15, -0.1) is 11.3 Å². The van der Waals surface area contributed by atoms with Crippen LogP contribution in [0.25, 0.3) is 0 Å². The molecule has 0 saturated carbocycles. The van der Waals surface area contributed by atoms with Gasteiger partial charge in [0.2, 0.25) is 5.91 Å². The lowest BCUT2D eigenvalue weighted by molar-refractivity contribution is -0.116. The maximum atomic E-state index is 12.2. The number of carbonyl (C=O) groups is 1. The summed E-state index contributed by atoms with van der Waals surface area (Å²) in [5.41, 5.74) is 2.20. The third-order valence-corrected chi connectivity index (χ3v) is 5.64. The van der Waals surface area contributed by atoms with E-state index in [-0.39, 0.29) is 11.8 Å². The number of carbonyl (C=O) groups excluding carboxylic acids is 1. The summed E-state index contributed by atoms with van der Waals surface area (Å²) in [5, 5.41) is 9.55. The van der Waals surface area contributed by atoms with Gasteiger partial charge >= 0.3 is 0 Å². The molecule has 1 N–H and O–H groups in total. The second-order valence-electron chi connectivity index (χ2n) is 5.51. The van der Waals surface area contributed by atoms with Crippen LogP contribution < -0.4 is 5.32 Å². The third-order valence-electron chi connectivity index (χ3n) is 4.06. The van der Waals surface area contributed by atoms with Crippen molar-refractivity contribution in [2.75, 3.05) is 5.32 Å². The smallest absolute Gasteiger partial charge is 0.226 e. The fraction of sp³-hybridized carbons (Fsp3) is 0.176. The van der Waals surface area contributed by atoms with Crippen molar-refractivity contribution < 1.29 is 4.79 Å². The Labute approximate surface area is 146 Å². The minimum absolute atomic E-state index is 0.0335. The molecule has 6 heteroatoms. The zero-order valence-electron chi connectivity index (χ0n) is 12.2. The summed E-state index contributed by atoms with van der Waals surface area (Å²) >= 11 is 5.29. The zero-order chi connectivity index (χ0) is 15.8. The van der Waals surface area contributed by atoms with Crippen molar-refractivity contribution in [2.24, 2.45) is 0 Å². The van der Waals surface area contributed by atoms with Gasteiger partial charge < -0.3 is 5.32 Å². The Morgan fingerprint density at radius 2 is 2.13 bits per heavy atom. The number of thiophene rings is 1. The second kappa shape index (κ2) is 5.94. The molecule has 0 fully saturated rings. The van der Waals surface area contributed by atoms with E-state index < -0.39 is 0 Å². The Bertz CT molecular complexity index is 857. The molecule has 0 saturated heterocycles. The number of nitrogens with one attached hydrogen (secondary N) is 1. The zero-order valence-corrected chi connectivity index (χ0v) is 14.6. The number of halogens is 1. The van der Waals surface area contributed by atoms with Crippen molar-refractivity contribution in [3.8, 4) is 0 Å². The molecular weight excluding hydrogens is 374 g/mol. The van der Waals surface area contributed by atoms with Crippen LogP contribution in [-0.2, 0) is 11.3 Å². The fourth-order valence-corrected chi connectivity index (χ4v) is 4.22. The van der Waals surface area contributed by atoms with Crippen LogP contribution in [0.1, 0.15) is 28.3 Å². The van der Waals surface area contributed by atoms with Gasteiger partial charge in [-0.1, -0.05) is 40.2 Å². The third kappa shape index (κ3) is 2.72. The first-order valence-corrected chi connectivity index (χ1v) is 9.02. The van der Waals surface area contributed by atoms with Crippen molar-refractivity contribution in [3.63, 3.8) is 0 Å². The van der Waals surface area contributed by atoms with Gasteiger partial charge in [0.05, 0.1) is 12.7 Å². The molecule has 23 heavy (non-hydrogen) atoms. The first-order chi connectivity index (χ1) is 11.2. The topological polar surface area (TPSA) is 46.9 Å². The molecular formula is C17H14BrN3OS. The molecule has 116 valence electrons. The molecule has 1 aliphatic heterocycles. The van der Waals surface area contributed by atoms with E-state index in [1.54, 1.807) is 11.3 Å². The predicted octanol–water partition coefficient (Wildman–Crippen LogP) is 4.23. The summed E-state index contributed by atoms with van der Waals surface area (Å²) in [7, 11) is 0. The lowest BCUT2D eigenvalue weighted by Gasteiger charge is -2.24. The number of aromatic nitrogens is 2. The largest absolute Gasteiger partial charge is 0.311 e. The molecule has 0 radical (unpaired) electrons. The highest BCUT2D eigenvalue weighted by atomic mass is 79.9. The van der Waals surface area contributed by atoms with Gasteiger partial charge in [0, 0.05) is 27.3 Å². The number of benzene rings is 1. The van der Waals surface area contributed by atoms with E-state index in [0.717, 1.165) is 21.4 Å². The standard InChI is InChI=1S/C17H14BrN3OS/c18-15-6-2-1-5-12(15)13-8-16(22)20-17-14(13)9-19-21(17)10-11-4-3-7-23-11/h1-7,9,13H,8,10H2,(H,20,22). The molecule has 4 rings (SSSR count). The van der Waals surface area contributed by atoms with Gasteiger partial charge in [0.1, 0.15) is 5.82 Å². The van der Waals surface area contributed by atoms with E-state index in [1.165, 1.54) is 4.88 Å². The Hall–Kier alpha value is -1.92. The second-order valence-corrected chi connectivity index (χ2v) is 7.40. The number of amides is 1. The molecule has 3 heterocycles. The SMILES string of the molecule is O=C1CC(c2ccccc2Br)c2cnn(Cc3cccs3)c2N1. The maximum absolute atomic E-state index is 12.2. The van der Waals surface area contributed by atoms with Crippen LogP contribution in [-0.4, -0.2) is 15.7 Å². The lowest BCUT2D eigenvalue weighted by atomic mass is 9.87. The summed E-state index contributed by atoms with van der Waals surface area (Å²) in [4.78, 5) is 13.4. The summed E-state index contributed by atoms with van der Waals surface area (Å²) in [6, 6.07) is 12.2. The average Bonchev–Trinajstić information content (AvgIpc) is 3.18. The normalized spacial score (nSPS) is 16.9. The number of hydrogen-bond donors (Lipinski definition) is 1. The summed E-state index contributed by atoms with van der Waals surface area (Å²) in [6.45, 7) is 0.677. The number of fused-ring (bicyclic) bond motifs is 1. The number of rotatable bonds is 3. The van der Waals surface area contributed by atoms with Crippen molar-refractivity contribution >= 4 is 39.0 Å². The van der Waals surface area contributed by atoms with Crippen LogP contribution in [0, 0.1) is 0 Å². The minimum atomic E-state index is 0.0335. The summed E-state index contributed by atoms with van der Waals surface area (Å²) < 4.78 is 2.90. The lowest BCUT2D eigenvalue weighted by Crippen LogP contribution is -2.25. The van der Waals surface area contributed by atoms with Crippen molar-refractivity contribution in [1.29, 1.82) is 0 Å². The molecule has 3 aromatic rings. The van der Waals surface area contributed by atoms with Gasteiger partial charge in [-0.3, -0.25) is 4.79 Å². The number of anilines is 1. The molecule has 1 amide bonds. The quantitative estimate of drug-likeness (QED) is 0.730. The van der Waals surface area contributed by atoms with Crippen LogP contribution in [0.15, 0.2) is 52.4 Å². The first kappa shape index (κ1) is 14.7. The number of nitrogens with zero attached hydrogens (tertiary/aromatic N) is 2. The van der Waals surface area contributed by atoms with E-state index >= 15 is 0 Å². The van der Waals surface area contributed by atoms with Gasteiger partial charge in [0.25, 0.3) is 0 Å². The molecule has 0 spiro atoms. The van der Waals surface area contributed by atoms with E-state index in [1.807, 2.05) is 40.5 Å². The summed E-state index contributed by atoms with van der Waals surface area (Å²) in [5.74, 6) is 0.882. The van der Waals surface area contributed by atoms with Gasteiger partial charge in [-0.25, -0.2) is 4.68 Å². The molecule has 0 aliphatic carbocycles. The van der Waals surface area contributed by atoms with Crippen LogP contribution in [0.2, 0.25) is 0 Å². The molecule has 1 aliphatic rings. The maximum Gasteiger partial charge on any atom is 0.226 e. The van der Waals surface area contributed by atoms with Crippen LogP contribution >= 0.6 is 27.3 Å². The molecule has 1 unspecified atom stereocenters. The van der Waals surface area contributed by atoms with Crippen LogP contribution in [0.5, 0.6) is 0 Å². The first-order valence-electron chi connectivity index (χ1n) is 7.35. The van der Waals surface area contributed by atoms with E-state index in [2.05, 4.69) is 38.5 Å². The average molecular weight is 388 g/mol. The Morgan fingerprint density at radius 1 is 1.26 bits per heavy atom. The van der Waals surface area contributed by atoms with E-state index in [9.17, 15) is 4.79 Å². The number of hydrogen-bond acceptors (Lipinski definition) is 3. The molecule has 1 aromatic carbocycles. The predicted molar refractivity (Wildman–Crippen MR) is 94.9 cm³/mol. The van der Waals surface area contributed by atoms with Crippen molar-refractivity contribution in [2.45, 2.75) is 18.9 Å².